The molecule has 3 rings (SSSR count). The Morgan fingerprint density at radius 1 is 1.19 bits per heavy atom. The molecule has 1 aromatic carbocycles. The van der Waals surface area contributed by atoms with Gasteiger partial charge in [-0.05, 0) is 42.4 Å². The van der Waals surface area contributed by atoms with E-state index in [2.05, 4.69) is 23.5 Å². The first kappa shape index (κ1) is 14.5. The zero-order chi connectivity index (χ0) is 14.5. The lowest BCUT2D eigenvalue weighted by Gasteiger charge is -2.27. The lowest BCUT2D eigenvalue weighted by Crippen LogP contribution is -2.47. The van der Waals surface area contributed by atoms with Crippen LogP contribution in [0.4, 0.5) is 0 Å². The summed E-state index contributed by atoms with van der Waals surface area (Å²) in [7, 11) is 0. The molecule has 0 bridgehead atoms. The van der Waals surface area contributed by atoms with Crippen LogP contribution in [0, 0.1) is 0 Å². The summed E-state index contributed by atoms with van der Waals surface area (Å²) in [4.78, 5) is 13.8. The van der Waals surface area contributed by atoms with Crippen LogP contribution < -0.4 is 5.32 Å². The van der Waals surface area contributed by atoms with Gasteiger partial charge in [0.05, 0.1) is 6.61 Å². The third-order valence-electron chi connectivity index (χ3n) is 4.39. The first-order chi connectivity index (χ1) is 10.3. The van der Waals surface area contributed by atoms with E-state index in [4.69, 9.17) is 4.74 Å². The average Bonchev–Trinajstić information content (AvgIpc) is 3.00. The Labute approximate surface area is 126 Å². The summed E-state index contributed by atoms with van der Waals surface area (Å²) >= 11 is 0. The van der Waals surface area contributed by atoms with E-state index >= 15 is 0 Å². The van der Waals surface area contributed by atoms with E-state index in [1.165, 1.54) is 36.0 Å². The summed E-state index contributed by atoms with van der Waals surface area (Å²) in [6.45, 7) is 4.21. The maximum Gasteiger partial charge on any atom is 0.248 e. The van der Waals surface area contributed by atoms with Gasteiger partial charge in [-0.1, -0.05) is 18.2 Å². The molecule has 1 aliphatic heterocycles. The van der Waals surface area contributed by atoms with Gasteiger partial charge in [0.25, 0.3) is 0 Å². The highest BCUT2D eigenvalue weighted by atomic mass is 16.5. The smallest absolute Gasteiger partial charge is 0.248 e. The number of benzene rings is 1. The van der Waals surface area contributed by atoms with Crippen molar-refractivity contribution in [2.75, 3.05) is 39.4 Å². The van der Waals surface area contributed by atoms with E-state index < -0.39 is 0 Å². The Morgan fingerprint density at radius 3 is 2.86 bits per heavy atom. The largest absolute Gasteiger partial charge is 0.371 e. The molecule has 1 aromatic rings. The molecule has 0 saturated carbocycles. The fourth-order valence-electron chi connectivity index (χ4n) is 3.14. The second-order valence-electron chi connectivity index (χ2n) is 5.89. The monoisotopic (exact) mass is 288 g/mol. The molecular formula is C17H24N2O2. The van der Waals surface area contributed by atoms with Crippen molar-refractivity contribution in [2.45, 2.75) is 25.7 Å². The molecule has 1 amide bonds. The van der Waals surface area contributed by atoms with Crippen LogP contribution in [-0.2, 0) is 28.8 Å². The van der Waals surface area contributed by atoms with Crippen LogP contribution >= 0.6 is 0 Å². The topological polar surface area (TPSA) is 41.6 Å². The van der Waals surface area contributed by atoms with Crippen LogP contribution in [0.15, 0.2) is 18.2 Å². The van der Waals surface area contributed by atoms with E-state index in [0.717, 1.165) is 32.6 Å². The van der Waals surface area contributed by atoms with Crippen molar-refractivity contribution < 1.29 is 9.53 Å². The summed E-state index contributed by atoms with van der Waals surface area (Å²) in [6, 6.07) is 6.76. The normalized spacial score (nSPS) is 17.8. The Bertz CT molecular complexity index is 496. The summed E-state index contributed by atoms with van der Waals surface area (Å²) in [6.07, 6.45) is 4.62. The van der Waals surface area contributed by atoms with Gasteiger partial charge in [-0.15, -0.1) is 0 Å². The molecule has 4 nitrogen and oxygen atoms in total. The Balaban J connectivity index is 1.39. The lowest BCUT2D eigenvalue weighted by molar-refractivity contribution is -0.136. The van der Waals surface area contributed by atoms with Crippen LogP contribution in [0.1, 0.15) is 23.1 Å². The molecule has 0 spiro atoms. The van der Waals surface area contributed by atoms with E-state index in [-0.39, 0.29) is 12.5 Å². The third kappa shape index (κ3) is 3.83. The van der Waals surface area contributed by atoms with E-state index in [9.17, 15) is 4.79 Å². The number of rotatable bonds is 5. The molecule has 0 atom stereocenters. The summed E-state index contributed by atoms with van der Waals surface area (Å²) in [5.41, 5.74) is 4.34. The van der Waals surface area contributed by atoms with Crippen LogP contribution in [-0.4, -0.2) is 50.2 Å². The van der Waals surface area contributed by atoms with Crippen molar-refractivity contribution >= 4 is 5.91 Å². The van der Waals surface area contributed by atoms with Gasteiger partial charge in [-0.3, -0.25) is 4.79 Å². The Kier molecular flexibility index (Phi) is 4.88. The fraction of sp³-hybridized carbons (Fsp3) is 0.588. The minimum atomic E-state index is 0.116. The molecule has 4 heteroatoms. The van der Waals surface area contributed by atoms with Crippen molar-refractivity contribution in [3.05, 3.63) is 34.9 Å². The first-order valence-electron chi connectivity index (χ1n) is 8.00. The molecule has 2 aliphatic rings. The number of ether oxygens (including phenoxy) is 1. The number of hydrogen-bond donors (Lipinski definition) is 1. The average molecular weight is 288 g/mol. The van der Waals surface area contributed by atoms with Gasteiger partial charge in [0.2, 0.25) is 5.91 Å². The quantitative estimate of drug-likeness (QED) is 0.827. The molecule has 1 heterocycles. The van der Waals surface area contributed by atoms with E-state index in [0.29, 0.717) is 6.61 Å². The summed E-state index contributed by atoms with van der Waals surface area (Å²) in [5.74, 6) is 0.116. The van der Waals surface area contributed by atoms with Gasteiger partial charge in [-0.2, -0.15) is 0 Å². The van der Waals surface area contributed by atoms with Gasteiger partial charge in [0.15, 0.2) is 0 Å². The zero-order valence-corrected chi connectivity index (χ0v) is 12.6. The number of fused-ring (bicyclic) bond motifs is 1. The van der Waals surface area contributed by atoms with Crippen LogP contribution in [0.2, 0.25) is 0 Å². The van der Waals surface area contributed by atoms with Crippen LogP contribution in [0.3, 0.4) is 0 Å². The number of carbonyl (C=O) groups excluding carboxylic acids is 1. The molecule has 1 N–H and O–H groups in total. The fourth-order valence-corrected chi connectivity index (χ4v) is 3.14. The number of piperazine rings is 1. The van der Waals surface area contributed by atoms with Crippen molar-refractivity contribution in [1.29, 1.82) is 0 Å². The minimum Gasteiger partial charge on any atom is -0.371 e. The second-order valence-corrected chi connectivity index (χ2v) is 5.89. The van der Waals surface area contributed by atoms with Gasteiger partial charge < -0.3 is 15.0 Å². The van der Waals surface area contributed by atoms with E-state index in [1.807, 2.05) is 4.90 Å². The molecule has 21 heavy (non-hydrogen) atoms. The van der Waals surface area contributed by atoms with Gasteiger partial charge in [0, 0.05) is 26.2 Å². The minimum absolute atomic E-state index is 0.116. The predicted molar refractivity (Wildman–Crippen MR) is 82.4 cm³/mol. The van der Waals surface area contributed by atoms with Crippen molar-refractivity contribution in [3.63, 3.8) is 0 Å². The highest BCUT2D eigenvalue weighted by Gasteiger charge is 2.16. The van der Waals surface area contributed by atoms with Crippen LogP contribution in [0.5, 0.6) is 0 Å². The summed E-state index contributed by atoms with van der Waals surface area (Å²) in [5, 5.41) is 3.24. The van der Waals surface area contributed by atoms with Crippen molar-refractivity contribution in [1.82, 2.24) is 10.2 Å². The molecule has 0 unspecified atom stereocenters. The number of nitrogens with zero attached hydrogens (tertiary/aromatic N) is 1. The maximum atomic E-state index is 11.9. The SMILES string of the molecule is O=C(COCCc1ccc2c(c1)CCC2)N1CCNCC1. The maximum absolute atomic E-state index is 11.9. The number of nitrogens with one attached hydrogen (secondary N) is 1. The van der Waals surface area contributed by atoms with Gasteiger partial charge in [0.1, 0.15) is 6.61 Å². The predicted octanol–water partition coefficient (Wildman–Crippen LogP) is 1.17. The van der Waals surface area contributed by atoms with Gasteiger partial charge >= 0.3 is 0 Å². The van der Waals surface area contributed by atoms with E-state index in [1.54, 1.807) is 0 Å². The highest BCUT2D eigenvalue weighted by Crippen LogP contribution is 2.22. The molecule has 0 radical (unpaired) electrons. The second kappa shape index (κ2) is 7.05. The number of carbonyl (C=O) groups is 1. The first-order valence-corrected chi connectivity index (χ1v) is 8.00. The highest BCUT2D eigenvalue weighted by molar-refractivity contribution is 5.77. The van der Waals surface area contributed by atoms with Crippen molar-refractivity contribution in [2.24, 2.45) is 0 Å². The molecule has 1 aliphatic carbocycles. The summed E-state index contributed by atoms with van der Waals surface area (Å²) < 4.78 is 5.56. The zero-order valence-electron chi connectivity index (χ0n) is 12.6. The number of amides is 1. The molecule has 114 valence electrons. The molecule has 0 aromatic heterocycles. The Morgan fingerprint density at radius 2 is 2.00 bits per heavy atom. The van der Waals surface area contributed by atoms with Crippen LogP contribution in [0.25, 0.3) is 0 Å². The molecular weight excluding hydrogens is 264 g/mol. The molecule has 1 saturated heterocycles. The van der Waals surface area contributed by atoms with Crippen molar-refractivity contribution in [3.8, 4) is 0 Å². The number of hydrogen-bond acceptors (Lipinski definition) is 3. The Hall–Kier alpha value is -1.39. The third-order valence-corrected chi connectivity index (χ3v) is 4.39. The van der Waals surface area contributed by atoms with Gasteiger partial charge in [-0.25, -0.2) is 0 Å². The lowest BCUT2D eigenvalue weighted by atomic mass is 10.0. The molecule has 1 fully saturated rings. The standard InChI is InChI=1S/C17H24N2O2/c20-17(19-9-7-18-8-10-19)13-21-11-6-14-4-5-15-2-1-3-16(15)12-14/h4-5,12,18H,1-3,6-11,13H2. The number of aryl methyl sites for hydroxylation is 2.